The molecule has 0 bridgehead atoms. The highest BCUT2D eigenvalue weighted by atomic mass is 32.2. The smallest absolute Gasteiger partial charge is 0.286 e. The van der Waals surface area contributed by atoms with Crippen LogP contribution in [0.2, 0.25) is 0 Å². The van der Waals surface area contributed by atoms with Gasteiger partial charge >= 0.3 is 0 Å². The lowest BCUT2D eigenvalue weighted by Gasteiger charge is -2.04. The zero-order chi connectivity index (χ0) is 12.5. The molecule has 0 saturated carbocycles. The minimum Gasteiger partial charge on any atom is -0.334 e. The number of hydrogen-bond acceptors (Lipinski definition) is 4. The van der Waals surface area contributed by atoms with E-state index in [-0.39, 0.29) is 5.03 Å². The van der Waals surface area contributed by atoms with E-state index in [1.807, 2.05) is 0 Å². The molecule has 17 heavy (non-hydrogen) atoms. The first-order chi connectivity index (χ1) is 8.07. The van der Waals surface area contributed by atoms with Crippen LogP contribution in [0.4, 0.5) is 0 Å². The van der Waals surface area contributed by atoms with E-state index in [2.05, 4.69) is 21.5 Å². The van der Waals surface area contributed by atoms with Crippen molar-refractivity contribution in [1.29, 1.82) is 0 Å². The lowest BCUT2D eigenvalue weighted by molar-refractivity contribution is 0.583. The summed E-state index contributed by atoms with van der Waals surface area (Å²) in [6.07, 6.45) is 6.11. The van der Waals surface area contributed by atoms with Crippen molar-refractivity contribution in [3.63, 3.8) is 0 Å². The fourth-order valence-corrected chi connectivity index (χ4v) is 2.74. The number of nitrogens with one attached hydrogen (secondary N) is 1. The highest BCUT2D eigenvalue weighted by Crippen LogP contribution is 2.15. The van der Waals surface area contributed by atoms with E-state index in [9.17, 15) is 8.42 Å². The van der Waals surface area contributed by atoms with Gasteiger partial charge in [-0.3, -0.25) is 0 Å². The van der Waals surface area contributed by atoms with Crippen LogP contribution in [0.1, 0.15) is 11.4 Å². The highest BCUT2D eigenvalue weighted by Gasteiger charge is 2.21. The van der Waals surface area contributed by atoms with Crippen LogP contribution in [0.25, 0.3) is 0 Å². The lowest BCUT2D eigenvalue weighted by atomic mass is 10.3. The summed E-state index contributed by atoms with van der Waals surface area (Å²) in [5.41, 5.74) is 1.28. The Bertz CT molecular complexity index is 625. The highest BCUT2D eigenvalue weighted by molar-refractivity contribution is 7.89. The Hall–Kier alpha value is -1.89. The predicted molar refractivity (Wildman–Crippen MR) is 62.0 cm³/mol. The van der Waals surface area contributed by atoms with E-state index in [4.69, 9.17) is 0 Å². The quantitative estimate of drug-likeness (QED) is 0.819. The van der Waals surface area contributed by atoms with Crippen LogP contribution in [0.15, 0.2) is 36.5 Å². The largest absolute Gasteiger partial charge is 0.334 e. The Morgan fingerprint density at radius 1 is 1.59 bits per heavy atom. The number of allylic oxidation sites excluding steroid dienone is 1. The van der Waals surface area contributed by atoms with Crippen LogP contribution in [0, 0.1) is 6.92 Å². The third-order valence-corrected chi connectivity index (χ3v) is 4.08. The van der Waals surface area contributed by atoms with Crippen molar-refractivity contribution in [1.82, 2.24) is 18.9 Å². The standard InChI is InChI=1S/C10H12N4O2S/c1-3-4-9-8(2)14(7-13-9)17(15,16)10-5-11-6-12-10/h3,5-7H,1,4H2,2H3,(H,11,12). The van der Waals surface area contributed by atoms with E-state index in [0.29, 0.717) is 17.8 Å². The van der Waals surface area contributed by atoms with Gasteiger partial charge in [-0.15, -0.1) is 6.58 Å². The third-order valence-electron chi connectivity index (χ3n) is 2.41. The van der Waals surface area contributed by atoms with Gasteiger partial charge in [0, 0.05) is 6.42 Å². The molecule has 0 aliphatic rings. The van der Waals surface area contributed by atoms with E-state index in [0.717, 1.165) is 3.97 Å². The number of hydrogen-bond donors (Lipinski definition) is 1. The normalized spacial score (nSPS) is 11.6. The van der Waals surface area contributed by atoms with Crippen molar-refractivity contribution in [2.24, 2.45) is 0 Å². The Morgan fingerprint density at radius 2 is 2.35 bits per heavy atom. The van der Waals surface area contributed by atoms with Crippen LogP contribution in [0.3, 0.4) is 0 Å². The predicted octanol–water partition coefficient (Wildman–Crippen LogP) is 0.880. The number of H-pyrrole nitrogens is 1. The van der Waals surface area contributed by atoms with Gasteiger partial charge in [0.25, 0.3) is 10.0 Å². The number of imidazole rings is 2. The van der Waals surface area contributed by atoms with Crippen molar-refractivity contribution in [3.05, 3.63) is 42.9 Å². The molecule has 0 amide bonds. The molecule has 0 aliphatic carbocycles. The first kappa shape index (κ1) is 11.6. The summed E-state index contributed by atoms with van der Waals surface area (Å²) >= 11 is 0. The van der Waals surface area contributed by atoms with E-state index < -0.39 is 10.0 Å². The summed E-state index contributed by atoms with van der Waals surface area (Å²) in [5.74, 6) is 0. The minimum atomic E-state index is -3.62. The molecule has 0 aromatic carbocycles. The second kappa shape index (κ2) is 4.17. The first-order valence-corrected chi connectivity index (χ1v) is 6.39. The number of aromatic amines is 1. The molecule has 90 valence electrons. The maximum atomic E-state index is 12.2. The second-order valence-electron chi connectivity index (χ2n) is 3.49. The molecule has 1 N–H and O–H groups in total. The van der Waals surface area contributed by atoms with Gasteiger partial charge in [-0.05, 0) is 6.92 Å². The molecular formula is C10H12N4O2S. The average molecular weight is 252 g/mol. The van der Waals surface area contributed by atoms with Gasteiger partial charge in [-0.25, -0.2) is 13.9 Å². The van der Waals surface area contributed by atoms with Crippen molar-refractivity contribution < 1.29 is 8.42 Å². The van der Waals surface area contributed by atoms with Crippen molar-refractivity contribution in [2.45, 2.75) is 18.4 Å². The Labute approximate surface area is 99.1 Å². The molecule has 0 spiro atoms. The fourth-order valence-electron chi connectivity index (χ4n) is 1.50. The Balaban J connectivity index is 2.51. The molecule has 0 aliphatic heterocycles. The van der Waals surface area contributed by atoms with Gasteiger partial charge in [0.2, 0.25) is 0 Å². The molecule has 0 saturated heterocycles. The SMILES string of the molecule is C=CCc1ncn(S(=O)(=O)c2cnc[nH]2)c1C. The van der Waals surface area contributed by atoms with E-state index >= 15 is 0 Å². The molecule has 2 heterocycles. The zero-order valence-electron chi connectivity index (χ0n) is 9.29. The van der Waals surface area contributed by atoms with Gasteiger partial charge in [0.05, 0.1) is 23.9 Å². The van der Waals surface area contributed by atoms with Crippen LogP contribution < -0.4 is 0 Å². The van der Waals surface area contributed by atoms with Gasteiger partial charge in [-0.2, -0.15) is 8.42 Å². The molecule has 2 aromatic heterocycles. The average Bonchev–Trinajstić information content (AvgIpc) is 2.90. The minimum absolute atomic E-state index is 0.0446. The summed E-state index contributed by atoms with van der Waals surface area (Å²) in [7, 11) is -3.62. The van der Waals surface area contributed by atoms with Gasteiger partial charge in [0.15, 0.2) is 5.03 Å². The number of aromatic nitrogens is 4. The van der Waals surface area contributed by atoms with Gasteiger partial charge < -0.3 is 4.98 Å². The molecule has 0 atom stereocenters. The molecule has 2 rings (SSSR count). The summed E-state index contributed by atoms with van der Waals surface area (Å²) in [5, 5.41) is 0.0446. The molecule has 0 unspecified atom stereocenters. The number of rotatable bonds is 4. The van der Waals surface area contributed by atoms with E-state index in [1.54, 1.807) is 13.0 Å². The summed E-state index contributed by atoms with van der Waals surface area (Å²) in [4.78, 5) is 10.3. The summed E-state index contributed by atoms with van der Waals surface area (Å²) < 4.78 is 25.5. The van der Waals surface area contributed by atoms with Crippen LogP contribution in [-0.2, 0) is 16.4 Å². The van der Waals surface area contributed by atoms with Gasteiger partial charge in [-0.1, -0.05) is 6.08 Å². The first-order valence-electron chi connectivity index (χ1n) is 4.95. The molecule has 0 radical (unpaired) electrons. The Kier molecular flexibility index (Phi) is 2.84. The van der Waals surface area contributed by atoms with E-state index in [1.165, 1.54) is 18.9 Å². The molecule has 6 nitrogen and oxygen atoms in total. The summed E-state index contributed by atoms with van der Waals surface area (Å²) in [6, 6.07) is 0. The van der Waals surface area contributed by atoms with Crippen LogP contribution >= 0.6 is 0 Å². The second-order valence-corrected chi connectivity index (χ2v) is 5.27. The molecule has 7 heteroatoms. The van der Waals surface area contributed by atoms with Crippen LogP contribution in [-0.4, -0.2) is 27.3 Å². The zero-order valence-corrected chi connectivity index (χ0v) is 10.1. The lowest BCUT2D eigenvalue weighted by Crippen LogP contribution is -2.14. The Morgan fingerprint density at radius 3 is 2.94 bits per heavy atom. The maximum absolute atomic E-state index is 12.2. The third kappa shape index (κ3) is 1.89. The van der Waals surface area contributed by atoms with Crippen LogP contribution in [0.5, 0.6) is 0 Å². The fraction of sp³-hybridized carbons (Fsp3) is 0.200. The van der Waals surface area contributed by atoms with Crippen molar-refractivity contribution >= 4 is 10.0 Å². The maximum Gasteiger partial charge on any atom is 0.286 e. The van der Waals surface area contributed by atoms with Crippen molar-refractivity contribution in [2.75, 3.05) is 0 Å². The summed E-state index contributed by atoms with van der Waals surface area (Å²) in [6.45, 7) is 5.31. The number of nitrogens with zero attached hydrogens (tertiary/aromatic N) is 3. The molecular weight excluding hydrogens is 240 g/mol. The van der Waals surface area contributed by atoms with Gasteiger partial charge in [0.1, 0.15) is 6.33 Å². The monoisotopic (exact) mass is 252 g/mol. The topological polar surface area (TPSA) is 80.6 Å². The van der Waals surface area contributed by atoms with Crippen molar-refractivity contribution in [3.8, 4) is 0 Å². The molecule has 0 fully saturated rings. The molecule has 2 aromatic rings.